The van der Waals surface area contributed by atoms with Gasteiger partial charge in [-0.15, -0.1) is 0 Å². The molecule has 1 aromatic carbocycles. The molecule has 2 rings (SSSR count). The first-order valence-corrected chi connectivity index (χ1v) is 13.3. The van der Waals surface area contributed by atoms with E-state index in [0.717, 1.165) is 29.9 Å². The summed E-state index contributed by atoms with van der Waals surface area (Å²) in [5.41, 5.74) is 14.4. The highest BCUT2D eigenvalue weighted by atomic mass is 28.4. The second-order valence-electron chi connectivity index (χ2n) is 9.24. The van der Waals surface area contributed by atoms with Crippen LogP contribution in [0.5, 0.6) is 0 Å². The fourth-order valence-corrected chi connectivity index (χ4v) is 4.41. The maximum absolute atomic E-state index is 10.6. The van der Waals surface area contributed by atoms with Crippen molar-refractivity contribution in [2.45, 2.75) is 63.8 Å². The van der Waals surface area contributed by atoms with E-state index in [4.69, 9.17) is 21.2 Å². The molecule has 7 heteroatoms. The zero-order valence-corrected chi connectivity index (χ0v) is 19.8. The summed E-state index contributed by atoms with van der Waals surface area (Å²) in [5, 5.41) is -0.0781. The van der Waals surface area contributed by atoms with Crippen molar-refractivity contribution >= 4 is 8.32 Å². The van der Waals surface area contributed by atoms with E-state index in [0.29, 0.717) is 6.54 Å². The van der Waals surface area contributed by atoms with Gasteiger partial charge in [0.15, 0.2) is 8.32 Å². The van der Waals surface area contributed by atoms with Gasteiger partial charge in [-0.25, -0.2) is 4.98 Å². The maximum atomic E-state index is 10.6. The molecule has 0 aliphatic heterocycles. The van der Waals surface area contributed by atoms with Crippen LogP contribution in [0.3, 0.4) is 0 Å². The molecule has 162 valence electrons. The van der Waals surface area contributed by atoms with Crippen LogP contribution >= 0.6 is 0 Å². The third-order valence-corrected chi connectivity index (χ3v) is 9.65. The summed E-state index contributed by atoms with van der Waals surface area (Å²) in [5.74, 6) is 1.32. The molecular formula is C22H38N4O2Si. The van der Waals surface area contributed by atoms with Crippen molar-refractivity contribution in [1.82, 2.24) is 9.55 Å². The Morgan fingerprint density at radius 2 is 1.83 bits per heavy atom. The molecule has 2 unspecified atom stereocenters. The Kier molecular flexibility index (Phi) is 7.81. The third-order valence-electron chi connectivity index (χ3n) is 6.13. The van der Waals surface area contributed by atoms with E-state index in [9.17, 15) is 4.80 Å². The number of rotatable bonds is 10. The van der Waals surface area contributed by atoms with E-state index >= 15 is 0 Å². The van der Waals surface area contributed by atoms with Crippen LogP contribution in [0.15, 0.2) is 30.5 Å². The first kappa shape index (κ1) is 23.8. The van der Waals surface area contributed by atoms with Gasteiger partial charge in [-0.2, -0.15) is 0 Å². The number of aromatic nitrogens is 2. The SMILES string of the molecule is CC(CC(C)(C)[Si](C)(C)O)c1nc(-c2ccc(CC(CN)OCN)cc2)cn1C. The van der Waals surface area contributed by atoms with Crippen LogP contribution in [0, 0.1) is 0 Å². The fourth-order valence-electron chi connectivity index (χ4n) is 3.60. The van der Waals surface area contributed by atoms with Crippen molar-refractivity contribution in [3.05, 3.63) is 41.9 Å². The quantitative estimate of drug-likeness (QED) is 0.406. The molecule has 29 heavy (non-hydrogen) atoms. The molecule has 0 saturated carbocycles. The van der Waals surface area contributed by atoms with Gasteiger partial charge in [0, 0.05) is 31.3 Å². The van der Waals surface area contributed by atoms with Gasteiger partial charge in [0.05, 0.1) is 18.5 Å². The lowest BCUT2D eigenvalue weighted by atomic mass is 9.97. The van der Waals surface area contributed by atoms with Crippen molar-refractivity contribution in [2.75, 3.05) is 13.3 Å². The number of hydrogen-bond donors (Lipinski definition) is 3. The van der Waals surface area contributed by atoms with Gasteiger partial charge < -0.3 is 25.6 Å². The van der Waals surface area contributed by atoms with E-state index in [1.807, 2.05) is 20.1 Å². The van der Waals surface area contributed by atoms with E-state index in [1.165, 1.54) is 5.56 Å². The molecule has 0 bridgehead atoms. The number of aryl methyl sites for hydroxylation is 1. The Hall–Kier alpha value is -1.51. The predicted molar refractivity (Wildman–Crippen MR) is 122 cm³/mol. The van der Waals surface area contributed by atoms with Gasteiger partial charge in [-0.05, 0) is 36.5 Å². The molecule has 1 aromatic heterocycles. The lowest BCUT2D eigenvalue weighted by molar-refractivity contribution is 0.0643. The molecular weight excluding hydrogens is 380 g/mol. The molecule has 2 aromatic rings. The number of imidazole rings is 1. The zero-order valence-electron chi connectivity index (χ0n) is 18.8. The van der Waals surface area contributed by atoms with Gasteiger partial charge >= 0.3 is 0 Å². The number of benzene rings is 1. The number of nitrogens with two attached hydrogens (primary N) is 2. The summed E-state index contributed by atoms with van der Waals surface area (Å²) in [4.78, 5) is 15.5. The molecule has 0 fully saturated rings. The minimum absolute atomic E-state index is 0.0594. The molecule has 0 saturated heterocycles. The fraction of sp³-hybridized carbons (Fsp3) is 0.591. The molecule has 0 aliphatic carbocycles. The average molecular weight is 419 g/mol. The number of hydrogen-bond acceptors (Lipinski definition) is 5. The summed E-state index contributed by atoms with van der Waals surface area (Å²) >= 11 is 0. The third kappa shape index (κ3) is 5.99. The van der Waals surface area contributed by atoms with Gasteiger partial charge in [0.1, 0.15) is 5.82 Å². The highest BCUT2D eigenvalue weighted by Crippen LogP contribution is 2.43. The largest absolute Gasteiger partial charge is 0.432 e. The van der Waals surface area contributed by atoms with Crippen molar-refractivity contribution in [3.63, 3.8) is 0 Å². The molecule has 0 radical (unpaired) electrons. The molecule has 5 N–H and O–H groups in total. The van der Waals surface area contributed by atoms with Crippen LogP contribution in [0.4, 0.5) is 0 Å². The Morgan fingerprint density at radius 3 is 2.34 bits per heavy atom. The second-order valence-corrected chi connectivity index (χ2v) is 13.7. The molecule has 6 nitrogen and oxygen atoms in total. The second kappa shape index (κ2) is 9.53. The minimum atomic E-state index is -2.25. The Labute approximate surface area is 176 Å². The topological polar surface area (TPSA) is 99.3 Å². The smallest absolute Gasteiger partial charge is 0.188 e. The van der Waals surface area contributed by atoms with Crippen LogP contribution < -0.4 is 11.5 Å². The van der Waals surface area contributed by atoms with Crippen LogP contribution in [-0.4, -0.2) is 42.0 Å². The van der Waals surface area contributed by atoms with Gasteiger partial charge in [-0.1, -0.05) is 45.0 Å². The zero-order chi connectivity index (χ0) is 21.8. The van der Waals surface area contributed by atoms with Gasteiger partial charge in [0.2, 0.25) is 0 Å². The van der Waals surface area contributed by atoms with E-state index in [-0.39, 0.29) is 23.8 Å². The number of ether oxygens (including phenoxy) is 1. The lowest BCUT2D eigenvalue weighted by Gasteiger charge is -2.36. The van der Waals surface area contributed by atoms with Crippen LogP contribution in [0.25, 0.3) is 11.3 Å². The highest BCUT2D eigenvalue weighted by Gasteiger charge is 2.39. The Balaban J connectivity index is 2.15. The van der Waals surface area contributed by atoms with Crippen molar-refractivity contribution < 1.29 is 9.53 Å². The van der Waals surface area contributed by atoms with Gasteiger partial charge in [-0.3, -0.25) is 0 Å². The average Bonchev–Trinajstić information content (AvgIpc) is 3.02. The van der Waals surface area contributed by atoms with Gasteiger partial charge in [0.25, 0.3) is 0 Å². The predicted octanol–water partition coefficient (Wildman–Crippen LogP) is 3.36. The van der Waals surface area contributed by atoms with E-state index in [1.54, 1.807) is 0 Å². The molecule has 0 aliphatic rings. The van der Waals surface area contributed by atoms with E-state index in [2.05, 4.69) is 55.8 Å². The molecule has 0 amide bonds. The first-order chi connectivity index (χ1) is 13.5. The Morgan fingerprint density at radius 1 is 1.21 bits per heavy atom. The normalized spacial score (nSPS) is 14.8. The summed E-state index contributed by atoms with van der Waals surface area (Å²) in [6.45, 7) is 11.2. The lowest BCUT2D eigenvalue weighted by Crippen LogP contribution is -2.39. The van der Waals surface area contributed by atoms with Crippen molar-refractivity contribution in [2.24, 2.45) is 18.5 Å². The minimum Gasteiger partial charge on any atom is -0.432 e. The maximum Gasteiger partial charge on any atom is 0.188 e. The van der Waals surface area contributed by atoms with Crippen LogP contribution in [0.2, 0.25) is 18.1 Å². The summed E-state index contributed by atoms with van der Waals surface area (Å²) in [6, 6.07) is 8.38. The summed E-state index contributed by atoms with van der Waals surface area (Å²) in [6.07, 6.45) is 3.67. The molecule has 1 heterocycles. The Bertz CT molecular complexity index is 781. The monoisotopic (exact) mass is 418 g/mol. The summed E-state index contributed by atoms with van der Waals surface area (Å²) in [7, 11) is -0.205. The van der Waals surface area contributed by atoms with Crippen molar-refractivity contribution in [3.8, 4) is 11.3 Å². The first-order valence-electron chi connectivity index (χ1n) is 10.3. The van der Waals surface area contributed by atoms with E-state index < -0.39 is 8.32 Å². The van der Waals surface area contributed by atoms with Crippen molar-refractivity contribution in [1.29, 1.82) is 0 Å². The van der Waals surface area contributed by atoms with Crippen LogP contribution in [0.1, 0.15) is 44.5 Å². The summed E-state index contributed by atoms with van der Waals surface area (Å²) < 4.78 is 7.55. The van der Waals surface area contributed by atoms with Crippen LogP contribution in [-0.2, 0) is 18.2 Å². The molecule has 2 atom stereocenters. The number of nitrogens with zero attached hydrogens (tertiary/aromatic N) is 2. The standard InChI is InChI=1S/C22H38N4O2Si/c1-16(12-22(2,3)29(5,6)27)21-25-20(14-26(21)4)18-9-7-17(8-10-18)11-19(13-23)28-15-24/h7-10,14,16,19,27H,11-13,15,23-24H2,1-6H3. The highest BCUT2D eigenvalue weighted by molar-refractivity contribution is 6.72. The molecule has 0 spiro atoms.